The summed E-state index contributed by atoms with van der Waals surface area (Å²) in [5.74, 6) is -0.357. The van der Waals surface area contributed by atoms with Crippen LogP contribution in [-0.4, -0.2) is 61.6 Å². The van der Waals surface area contributed by atoms with Crippen molar-refractivity contribution < 1.29 is 14.0 Å². The second kappa shape index (κ2) is 9.71. The maximum Gasteiger partial charge on any atom is 0.319 e. The summed E-state index contributed by atoms with van der Waals surface area (Å²) in [5.41, 5.74) is 0.514. The summed E-state index contributed by atoms with van der Waals surface area (Å²) in [6.07, 6.45) is 0.687. The molecular weight excluding hydrogens is 393 g/mol. The lowest BCUT2D eigenvalue weighted by atomic mass is 10.2. The SMILES string of the molecule is CN(C)C(CNC(=O)N1CCC(NC(=O)Nc2ccc(F)cc2)C1)c1cccs1. The van der Waals surface area contributed by atoms with Crippen molar-refractivity contribution in [2.75, 3.05) is 39.0 Å². The second-order valence-corrected chi connectivity index (χ2v) is 8.20. The first kappa shape index (κ1) is 21.1. The molecule has 156 valence electrons. The fourth-order valence-electron chi connectivity index (χ4n) is 3.26. The zero-order valence-corrected chi connectivity index (χ0v) is 17.3. The summed E-state index contributed by atoms with van der Waals surface area (Å²) in [6, 6.07) is 9.15. The monoisotopic (exact) mass is 419 g/mol. The molecule has 2 heterocycles. The molecule has 2 unspecified atom stereocenters. The Balaban J connectivity index is 1.44. The van der Waals surface area contributed by atoms with Crippen molar-refractivity contribution in [3.8, 4) is 0 Å². The van der Waals surface area contributed by atoms with E-state index in [9.17, 15) is 14.0 Å². The van der Waals surface area contributed by atoms with E-state index in [0.717, 1.165) is 0 Å². The first-order valence-corrected chi connectivity index (χ1v) is 10.4. The third-order valence-corrected chi connectivity index (χ3v) is 5.83. The molecule has 0 radical (unpaired) electrons. The van der Waals surface area contributed by atoms with E-state index in [1.807, 2.05) is 25.5 Å². The molecule has 1 aliphatic heterocycles. The van der Waals surface area contributed by atoms with Gasteiger partial charge in [0, 0.05) is 36.2 Å². The summed E-state index contributed by atoms with van der Waals surface area (Å²) < 4.78 is 12.9. The standard InChI is InChI=1S/C20H26FN5O2S/c1-25(2)17(18-4-3-11-29-18)12-22-20(28)26-10-9-16(13-26)24-19(27)23-15-7-5-14(21)6-8-15/h3-8,11,16-17H,9-10,12-13H2,1-2H3,(H,22,28)(H2,23,24,27). The van der Waals surface area contributed by atoms with E-state index in [0.29, 0.717) is 31.7 Å². The number of likely N-dealkylation sites (N-methyl/N-ethyl adjacent to an activating group) is 1. The van der Waals surface area contributed by atoms with E-state index in [1.54, 1.807) is 16.2 Å². The zero-order valence-electron chi connectivity index (χ0n) is 16.5. The molecule has 3 N–H and O–H groups in total. The molecule has 1 aromatic carbocycles. The van der Waals surface area contributed by atoms with Crippen LogP contribution in [0.2, 0.25) is 0 Å². The van der Waals surface area contributed by atoms with E-state index in [2.05, 4.69) is 26.9 Å². The molecule has 1 aromatic heterocycles. The number of halogens is 1. The largest absolute Gasteiger partial charge is 0.336 e. The molecule has 3 rings (SSSR count). The normalized spacial score (nSPS) is 17.2. The van der Waals surface area contributed by atoms with Crippen LogP contribution < -0.4 is 16.0 Å². The summed E-state index contributed by atoms with van der Waals surface area (Å²) in [5, 5.41) is 10.6. The lowest BCUT2D eigenvalue weighted by Crippen LogP contribution is -2.44. The van der Waals surface area contributed by atoms with Crippen molar-refractivity contribution >= 4 is 29.1 Å². The van der Waals surface area contributed by atoms with Gasteiger partial charge in [-0.15, -0.1) is 11.3 Å². The average Bonchev–Trinajstić information content (AvgIpc) is 3.36. The molecule has 1 aliphatic rings. The Kier molecular flexibility index (Phi) is 7.05. The van der Waals surface area contributed by atoms with Crippen molar-refractivity contribution in [1.82, 2.24) is 20.4 Å². The lowest BCUT2D eigenvalue weighted by Gasteiger charge is -2.25. The number of thiophene rings is 1. The van der Waals surface area contributed by atoms with Crippen LogP contribution in [0.5, 0.6) is 0 Å². The minimum Gasteiger partial charge on any atom is -0.336 e. The molecule has 0 bridgehead atoms. The van der Waals surface area contributed by atoms with Gasteiger partial charge in [-0.1, -0.05) is 6.07 Å². The molecule has 1 saturated heterocycles. The first-order valence-electron chi connectivity index (χ1n) is 9.48. The third kappa shape index (κ3) is 5.91. The number of nitrogens with zero attached hydrogens (tertiary/aromatic N) is 2. The van der Waals surface area contributed by atoms with Crippen LogP contribution in [0.15, 0.2) is 41.8 Å². The maximum absolute atomic E-state index is 12.9. The molecule has 9 heteroatoms. The van der Waals surface area contributed by atoms with Crippen molar-refractivity contribution in [1.29, 1.82) is 0 Å². The van der Waals surface area contributed by atoms with Gasteiger partial charge in [0.25, 0.3) is 0 Å². The van der Waals surface area contributed by atoms with Crippen molar-refractivity contribution in [3.63, 3.8) is 0 Å². The molecule has 4 amide bonds. The number of hydrogen-bond acceptors (Lipinski definition) is 4. The topological polar surface area (TPSA) is 76.7 Å². The Morgan fingerprint density at radius 3 is 2.69 bits per heavy atom. The van der Waals surface area contributed by atoms with Gasteiger partial charge in [-0.05, 0) is 56.2 Å². The van der Waals surface area contributed by atoms with E-state index in [-0.39, 0.29) is 30.0 Å². The summed E-state index contributed by atoms with van der Waals surface area (Å²) in [7, 11) is 3.98. The fourth-order valence-corrected chi connectivity index (χ4v) is 4.19. The Hall–Kier alpha value is -2.65. The molecule has 1 fully saturated rings. The Bertz CT molecular complexity index is 813. The minimum absolute atomic E-state index is 0.122. The smallest absolute Gasteiger partial charge is 0.319 e. The van der Waals surface area contributed by atoms with E-state index in [4.69, 9.17) is 0 Å². The molecule has 0 aliphatic carbocycles. The number of carbonyl (C=O) groups is 2. The van der Waals surface area contributed by atoms with Crippen molar-refractivity contribution in [2.45, 2.75) is 18.5 Å². The highest BCUT2D eigenvalue weighted by molar-refractivity contribution is 7.10. The first-order chi connectivity index (χ1) is 13.9. The Labute approximate surface area is 173 Å². The van der Waals surface area contributed by atoms with Crippen LogP contribution in [0.4, 0.5) is 19.7 Å². The summed E-state index contributed by atoms with van der Waals surface area (Å²) >= 11 is 1.67. The van der Waals surface area contributed by atoms with Gasteiger partial charge in [0.2, 0.25) is 0 Å². The molecule has 0 spiro atoms. The molecule has 2 aromatic rings. The average molecular weight is 420 g/mol. The molecular formula is C20H26FN5O2S. The quantitative estimate of drug-likeness (QED) is 0.673. The van der Waals surface area contributed by atoms with E-state index in [1.165, 1.54) is 29.1 Å². The Morgan fingerprint density at radius 2 is 2.03 bits per heavy atom. The number of carbonyl (C=O) groups excluding carboxylic acids is 2. The fraction of sp³-hybridized carbons (Fsp3) is 0.400. The molecule has 7 nitrogen and oxygen atoms in total. The molecule has 0 saturated carbocycles. The highest BCUT2D eigenvalue weighted by Crippen LogP contribution is 2.22. The maximum atomic E-state index is 12.9. The number of urea groups is 2. The van der Waals surface area contributed by atoms with Gasteiger partial charge in [-0.3, -0.25) is 0 Å². The zero-order chi connectivity index (χ0) is 20.8. The van der Waals surface area contributed by atoms with Crippen molar-refractivity contribution in [3.05, 3.63) is 52.5 Å². The summed E-state index contributed by atoms with van der Waals surface area (Å²) in [4.78, 5) is 29.6. The second-order valence-electron chi connectivity index (χ2n) is 7.22. The van der Waals surface area contributed by atoms with Crippen LogP contribution in [0.1, 0.15) is 17.3 Å². The van der Waals surface area contributed by atoms with Gasteiger partial charge in [-0.2, -0.15) is 0 Å². The number of anilines is 1. The van der Waals surface area contributed by atoms with Crippen LogP contribution >= 0.6 is 11.3 Å². The minimum atomic E-state index is -0.366. The van der Waals surface area contributed by atoms with Gasteiger partial charge in [-0.25, -0.2) is 14.0 Å². The van der Waals surface area contributed by atoms with Gasteiger partial charge < -0.3 is 25.8 Å². The summed E-state index contributed by atoms with van der Waals surface area (Å²) in [6.45, 7) is 1.55. The molecule has 2 atom stereocenters. The van der Waals surface area contributed by atoms with Crippen LogP contribution in [0, 0.1) is 5.82 Å². The van der Waals surface area contributed by atoms with Gasteiger partial charge >= 0.3 is 12.1 Å². The number of nitrogens with one attached hydrogen (secondary N) is 3. The van der Waals surface area contributed by atoms with Gasteiger partial charge in [0.05, 0.1) is 6.04 Å². The number of benzene rings is 1. The highest BCUT2D eigenvalue weighted by Gasteiger charge is 2.28. The van der Waals surface area contributed by atoms with E-state index >= 15 is 0 Å². The van der Waals surface area contributed by atoms with Crippen LogP contribution in [0.3, 0.4) is 0 Å². The predicted molar refractivity (Wildman–Crippen MR) is 113 cm³/mol. The van der Waals surface area contributed by atoms with Gasteiger partial charge in [0.15, 0.2) is 0 Å². The van der Waals surface area contributed by atoms with E-state index < -0.39 is 0 Å². The highest BCUT2D eigenvalue weighted by atomic mass is 32.1. The lowest BCUT2D eigenvalue weighted by molar-refractivity contribution is 0.201. The number of rotatable bonds is 6. The Morgan fingerprint density at radius 1 is 1.28 bits per heavy atom. The number of likely N-dealkylation sites (tertiary alicyclic amines) is 1. The van der Waals surface area contributed by atoms with Gasteiger partial charge in [0.1, 0.15) is 5.82 Å². The van der Waals surface area contributed by atoms with Crippen LogP contribution in [0.25, 0.3) is 0 Å². The predicted octanol–water partition coefficient (Wildman–Crippen LogP) is 3.10. The number of amides is 4. The van der Waals surface area contributed by atoms with Crippen molar-refractivity contribution in [2.24, 2.45) is 0 Å². The molecule has 29 heavy (non-hydrogen) atoms. The number of hydrogen-bond donors (Lipinski definition) is 3. The van der Waals surface area contributed by atoms with Crippen LogP contribution in [-0.2, 0) is 0 Å². The third-order valence-electron chi connectivity index (χ3n) is 4.85.